The van der Waals surface area contributed by atoms with Crippen molar-refractivity contribution in [3.8, 4) is 0 Å². The van der Waals surface area contributed by atoms with Crippen LogP contribution in [0.15, 0.2) is 0 Å². The number of hydrogen-bond donors (Lipinski definition) is 2. The smallest absolute Gasteiger partial charge is 0.0772 e. The van der Waals surface area contributed by atoms with Crippen LogP contribution in [0, 0.1) is 0 Å². The van der Waals surface area contributed by atoms with E-state index in [9.17, 15) is 5.11 Å². The quantitative estimate of drug-likeness (QED) is 0.647. The van der Waals surface area contributed by atoms with Gasteiger partial charge in [0.15, 0.2) is 0 Å². The van der Waals surface area contributed by atoms with Crippen LogP contribution < -0.4 is 5.32 Å². The monoisotopic (exact) mass is 157 g/mol. The Morgan fingerprint density at radius 2 is 2.36 bits per heavy atom. The second-order valence-electron chi connectivity index (χ2n) is 3.61. The largest absolute Gasteiger partial charge is 0.389 e. The highest BCUT2D eigenvalue weighted by Gasteiger charge is 2.27. The minimum atomic E-state index is -0.381. The third kappa shape index (κ3) is 2.80. The highest BCUT2D eigenvalue weighted by molar-refractivity contribution is 4.84. The maximum Gasteiger partial charge on any atom is 0.0772 e. The van der Waals surface area contributed by atoms with Crippen LogP contribution in [-0.2, 0) is 0 Å². The fourth-order valence-corrected chi connectivity index (χ4v) is 1.67. The highest BCUT2D eigenvalue weighted by atomic mass is 16.3. The molecule has 2 heteroatoms. The molecule has 0 aromatic rings. The van der Waals surface area contributed by atoms with E-state index in [2.05, 4.69) is 12.2 Å². The van der Waals surface area contributed by atoms with E-state index in [1.165, 1.54) is 6.42 Å². The summed E-state index contributed by atoms with van der Waals surface area (Å²) in [5.74, 6) is 0. The predicted molar refractivity (Wildman–Crippen MR) is 46.6 cm³/mol. The summed E-state index contributed by atoms with van der Waals surface area (Å²) in [7, 11) is 0. The van der Waals surface area contributed by atoms with Gasteiger partial charge in [0.25, 0.3) is 0 Å². The number of hydrogen-bond acceptors (Lipinski definition) is 2. The lowest BCUT2D eigenvalue weighted by Gasteiger charge is -2.32. The van der Waals surface area contributed by atoms with E-state index in [0.717, 1.165) is 38.8 Å². The normalized spacial score (nSPS) is 32.2. The van der Waals surface area contributed by atoms with Gasteiger partial charge in [-0.05, 0) is 25.8 Å². The Morgan fingerprint density at radius 3 is 2.91 bits per heavy atom. The van der Waals surface area contributed by atoms with E-state index < -0.39 is 0 Å². The van der Waals surface area contributed by atoms with Crippen LogP contribution in [0.3, 0.4) is 0 Å². The molecule has 1 heterocycles. The van der Waals surface area contributed by atoms with Crippen molar-refractivity contribution in [2.75, 3.05) is 13.1 Å². The maximum absolute atomic E-state index is 9.94. The van der Waals surface area contributed by atoms with Crippen molar-refractivity contribution in [1.29, 1.82) is 0 Å². The van der Waals surface area contributed by atoms with Gasteiger partial charge in [-0.25, -0.2) is 0 Å². The molecule has 66 valence electrons. The summed E-state index contributed by atoms with van der Waals surface area (Å²) < 4.78 is 0. The third-order valence-electron chi connectivity index (χ3n) is 2.45. The SMILES string of the molecule is CCCCC1(O)CCCNC1. The van der Waals surface area contributed by atoms with Crippen LogP contribution in [0.25, 0.3) is 0 Å². The Bertz CT molecular complexity index is 108. The van der Waals surface area contributed by atoms with Crippen LogP contribution in [0.5, 0.6) is 0 Å². The van der Waals surface area contributed by atoms with Crippen LogP contribution in [0.4, 0.5) is 0 Å². The first-order valence-corrected chi connectivity index (χ1v) is 4.70. The fraction of sp³-hybridized carbons (Fsp3) is 1.00. The summed E-state index contributed by atoms with van der Waals surface area (Å²) in [6.07, 6.45) is 5.41. The van der Waals surface area contributed by atoms with Gasteiger partial charge in [0.05, 0.1) is 5.60 Å². The zero-order chi connectivity index (χ0) is 8.16. The predicted octanol–water partition coefficient (Wildman–Crippen LogP) is 1.29. The lowest BCUT2D eigenvalue weighted by atomic mass is 9.89. The van der Waals surface area contributed by atoms with Crippen molar-refractivity contribution in [1.82, 2.24) is 5.32 Å². The number of β-amino-alcohol motifs (C(OH)–C–C–N with tert-alkyl or cyclic N) is 1. The van der Waals surface area contributed by atoms with Crippen LogP contribution in [-0.4, -0.2) is 23.8 Å². The molecule has 0 radical (unpaired) electrons. The topological polar surface area (TPSA) is 32.3 Å². The summed E-state index contributed by atoms with van der Waals surface area (Å²) in [5, 5.41) is 13.2. The van der Waals surface area contributed by atoms with Crippen LogP contribution >= 0.6 is 0 Å². The van der Waals surface area contributed by atoms with E-state index in [-0.39, 0.29) is 5.60 Å². The Labute approximate surface area is 69.0 Å². The molecule has 11 heavy (non-hydrogen) atoms. The van der Waals surface area contributed by atoms with Crippen molar-refractivity contribution >= 4 is 0 Å². The van der Waals surface area contributed by atoms with Crippen molar-refractivity contribution in [2.45, 2.75) is 44.6 Å². The Morgan fingerprint density at radius 1 is 1.55 bits per heavy atom. The molecule has 0 spiro atoms. The Hall–Kier alpha value is -0.0800. The molecule has 1 aliphatic rings. The number of unbranched alkanes of at least 4 members (excludes halogenated alkanes) is 1. The van der Waals surface area contributed by atoms with Crippen LogP contribution in [0.1, 0.15) is 39.0 Å². The van der Waals surface area contributed by atoms with Gasteiger partial charge >= 0.3 is 0 Å². The first-order valence-electron chi connectivity index (χ1n) is 4.70. The van der Waals surface area contributed by atoms with Gasteiger partial charge in [-0.2, -0.15) is 0 Å². The molecular weight excluding hydrogens is 138 g/mol. The third-order valence-corrected chi connectivity index (χ3v) is 2.45. The summed E-state index contributed by atoms with van der Waals surface area (Å²) in [6, 6.07) is 0. The Kier molecular flexibility index (Phi) is 3.34. The van der Waals surface area contributed by atoms with Crippen molar-refractivity contribution in [3.05, 3.63) is 0 Å². The first kappa shape index (κ1) is 9.01. The first-order chi connectivity index (χ1) is 5.27. The van der Waals surface area contributed by atoms with Gasteiger partial charge in [0, 0.05) is 6.54 Å². The van der Waals surface area contributed by atoms with E-state index in [1.54, 1.807) is 0 Å². The zero-order valence-electron chi connectivity index (χ0n) is 7.40. The van der Waals surface area contributed by atoms with Gasteiger partial charge in [0.2, 0.25) is 0 Å². The van der Waals surface area contributed by atoms with Crippen molar-refractivity contribution in [3.63, 3.8) is 0 Å². The molecule has 0 aliphatic carbocycles. The summed E-state index contributed by atoms with van der Waals surface area (Å²) >= 11 is 0. The van der Waals surface area contributed by atoms with Gasteiger partial charge < -0.3 is 10.4 Å². The Balaban J connectivity index is 2.25. The summed E-state index contributed by atoms with van der Waals surface area (Å²) in [4.78, 5) is 0. The molecule has 1 fully saturated rings. The van der Waals surface area contributed by atoms with Gasteiger partial charge in [0.1, 0.15) is 0 Å². The summed E-state index contributed by atoms with van der Waals surface area (Å²) in [6.45, 7) is 4.04. The number of aliphatic hydroxyl groups is 1. The number of piperidine rings is 1. The van der Waals surface area contributed by atoms with Crippen molar-refractivity contribution < 1.29 is 5.11 Å². The van der Waals surface area contributed by atoms with Gasteiger partial charge in [-0.3, -0.25) is 0 Å². The molecule has 0 saturated carbocycles. The van der Waals surface area contributed by atoms with Gasteiger partial charge in [-0.15, -0.1) is 0 Å². The van der Waals surface area contributed by atoms with Gasteiger partial charge in [-0.1, -0.05) is 19.8 Å². The highest BCUT2D eigenvalue weighted by Crippen LogP contribution is 2.21. The molecule has 1 atom stereocenters. The average Bonchev–Trinajstić information content (AvgIpc) is 2.03. The lowest BCUT2D eigenvalue weighted by molar-refractivity contribution is 0.00673. The molecule has 0 amide bonds. The fourth-order valence-electron chi connectivity index (χ4n) is 1.67. The number of nitrogens with one attached hydrogen (secondary N) is 1. The average molecular weight is 157 g/mol. The standard InChI is InChI=1S/C9H19NO/c1-2-3-5-9(11)6-4-7-10-8-9/h10-11H,2-8H2,1H3. The van der Waals surface area contributed by atoms with E-state index in [4.69, 9.17) is 0 Å². The van der Waals surface area contributed by atoms with E-state index in [0.29, 0.717) is 0 Å². The van der Waals surface area contributed by atoms with Crippen LogP contribution in [0.2, 0.25) is 0 Å². The molecular formula is C9H19NO. The lowest BCUT2D eigenvalue weighted by Crippen LogP contribution is -2.45. The van der Waals surface area contributed by atoms with E-state index in [1.807, 2.05) is 0 Å². The molecule has 2 N–H and O–H groups in total. The molecule has 1 saturated heterocycles. The molecule has 1 aliphatic heterocycles. The zero-order valence-corrected chi connectivity index (χ0v) is 7.40. The molecule has 1 rings (SSSR count). The van der Waals surface area contributed by atoms with Crippen molar-refractivity contribution in [2.24, 2.45) is 0 Å². The molecule has 0 aromatic heterocycles. The second-order valence-corrected chi connectivity index (χ2v) is 3.61. The van der Waals surface area contributed by atoms with E-state index >= 15 is 0 Å². The maximum atomic E-state index is 9.94. The molecule has 2 nitrogen and oxygen atoms in total. The molecule has 0 bridgehead atoms. The second kappa shape index (κ2) is 4.07. The minimum absolute atomic E-state index is 0.381. The number of rotatable bonds is 3. The molecule has 1 unspecified atom stereocenters. The minimum Gasteiger partial charge on any atom is -0.389 e. The summed E-state index contributed by atoms with van der Waals surface area (Å²) in [5.41, 5.74) is -0.381. The molecule has 0 aromatic carbocycles.